The van der Waals surface area contributed by atoms with E-state index >= 15 is 0 Å². The van der Waals surface area contributed by atoms with E-state index in [4.69, 9.17) is 47.0 Å². The number of benzene rings is 2. The van der Waals surface area contributed by atoms with Crippen molar-refractivity contribution in [2.24, 2.45) is 0 Å². The van der Waals surface area contributed by atoms with Gasteiger partial charge in [-0.25, -0.2) is 8.42 Å². The van der Waals surface area contributed by atoms with Crippen molar-refractivity contribution >= 4 is 67.8 Å². The Bertz CT molecular complexity index is 807. The van der Waals surface area contributed by atoms with Crippen LogP contribution in [0.2, 0.25) is 15.1 Å². The number of hydrogen-bond acceptors (Lipinski definition) is 3. The second-order valence-corrected chi connectivity index (χ2v) is 7.58. The number of rotatable bonds is 4. The topological polar surface area (TPSA) is 70.2 Å². The summed E-state index contributed by atoms with van der Waals surface area (Å²) in [7, 11) is -3.75. The SMILES string of the molecule is O=S(=O)(NNC(=S)Nc1c(Cl)cc(Cl)cc1Cl)c1ccccc1. The molecule has 0 amide bonds. The molecule has 0 saturated carbocycles. The lowest BCUT2D eigenvalue weighted by molar-refractivity contribution is 0.578. The Morgan fingerprint density at radius 1 is 1.00 bits per heavy atom. The zero-order valence-electron chi connectivity index (χ0n) is 11.3. The largest absolute Gasteiger partial charge is 0.329 e. The Balaban J connectivity index is 2.04. The minimum Gasteiger partial charge on any atom is -0.329 e. The number of halogens is 3. The summed E-state index contributed by atoms with van der Waals surface area (Å²) in [5.74, 6) is 0. The van der Waals surface area contributed by atoms with Crippen molar-refractivity contribution < 1.29 is 8.42 Å². The summed E-state index contributed by atoms with van der Waals surface area (Å²) < 4.78 is 24.1. The molecule has 2 aromatic carbocycles. The molecule has 23 heavy (non-hydrogen) atoms. The van der Waals surface area contributed by atoms with E-state index in [2.05, 4.69) is 15.6 Å². The molecule has 0 fully saturated rings. The van der Waals surface area contributed by atoms with Gasteiger partial charge in [-0.3, -0.25) is 5.43 Å². The second-order valence-electron chi connectivity index (χ2n) is 4.24. The van der Waals surface area contributed by atoms with Crippen molar-refractivity contribution in [3.8, 4) is 0 Å². The van der Waals surface area contributed by atoms with Crippen molar-refractivity contribution in [2.45, 2.75) is 4.90 Å². The first kappa shape index (κ1) is 18.3. The molecule has 0 radical (unpaired) electrons. The standard InChI is InChI=1S/C13H10Cl3N3O2S2/c14-8-6-10(15)12(11(16)7-8)17-13(22)18-19-23(20,21)9-4-2-1-3-5-9/h1-7,19H,(H2,17,18,22). The van der Waals surface area contributed by atoms with Crippen LogP contribution >= 0.6 is 47.0 Å². The summed E-state index contributed by atoms with van der Waals surface area (Å²) in [5, 5.41) is 3.53. The zero-order valence-corrected chi connectivity index (χ0v) is 15.2. The van der Waals surface area contributed by atoms with Gasteiger partial charge in [0, 0.05) is 5.02 Å². The highest BCUT2D eigenvalue weighted by Gasteiger charge is 2.14. The minimum absolute atomic E-state index is 0.0318. The van der Waals surface area contributed by atoms with Gasteiger partial charge in [-0.2, -0.15) is 0 Å². The van der Waals surface area contributed by atoms with Gasteiger partial charge in [-0.15, -0.1) is 4.83 Å². The molecule has 0 spiro atoms. The van der Waals surface area contributed by atoms with Gasteiger partial charge in [0.25, 0.3) is 10.0 Å². The molecule has 0 heterocycles. The minimum atomic E-state index is -3.75. The lowest BCUT2D eigenvalue weighted by Crippen LogP contribution is -2.43. The van der Waals surface area contributed by atoms with Crippen LogP contribution in [0.3, 0.4) is 0 Å². The summed E-state index contributed by atoms with van der Waals surface area (Å²) in [6.45, 7) is 0. The first-order valence-corrected chi connectivity index (χ1v) is 9.10. The van der Waals surface area contributed by atoms with Crippen LogP contribution in [0.15, 0.2) is 47.4 Å². The Hall–Kier alpha value is -1.09. The van der Waals surface area contributed by atoms with E-state index in [1.165, 1.54) is 24.3 Å². The molecule has 2 aromatic rings. The van der Waals surface area contributed by atoms with Crippen LogP contribution in [0.5, 0.6) is 0 Å². The molecule has 0 aliphatic rings. The van der Waals surface area contributed by atoms with Crippen molar-refractivity contribution in [3.63, 3.8) is 0 Å². The molecule has 0 aliphatic heterocycles. The van der Waals surface area contributed by atoms with Crippen molar-refractivity contribution in [1.29, 1.82) is 0 Å². The fraction of sp³-hybridized carbons (Fsp3) is 0. The first-order valence-electron chi connectivity index (χ1n) is 6.08. The maximum Gasteiger partial charge on any atom is 0.257 e. The lowest BCUT2D eigenvalue weighted by Gasteiger charge is -2.14. The van der Waals surface area contributed by atoms with Crippen LogP contribution in [0, 0.1) is 0 Å². The predicted octanol–water partition coefficient (Wildman–Crippen LogP) is 3.83. The van der Waals surface area contributed by atoms with Crippen LogP contribution < -0.4 is 15.6 Å². The third-order valence-electron chi connectivity index (χ3n) is 2.60. The lowest BCUT2D eigenvalue weighted by atomic mass is 10.3. The third-order valence-corrected chi connectivity index (χ3v) is 4.88. The molecule has 0 aliphatic carbocycles. The summed E-state index contributed by atoms with van der Waals surface area (Å²) in [6.07, 6.45) is 0. The zero-order chi connectivity index (χ0) is 17.0. The highest BCUT2D eigenvalue weighted by molar-refractivity contribution is 7.89. The van der Waals surface area contributed by atoms with E-state index in [0.29, 0.717) is 10.7 Å². The predicted molar refractivity (Wildman–Crippen MR) is 97.6 cm³/mol. The molecule has 3 N–H and O–H groups in total. The van der Waals surface area contributed by atoms with Gasteiger partial charge in [0.15, 0.2) is 5.11 Å². The van der Waals surface area contributed by atoms with E-state index in [1.807, 2.05) is 0 Å². The third kappa shape index (κ3) is 4.94. The van der Waals surface area contributed by atoms with Crippen LogP contribution in [-0.4, -0.2) is 13.5 Å². The van der Waals surface area contributed by atoms with Gasteiger partial charge in [-0.1, -0.05) is 53.0 Å². The summed E-state index contributed by atoms with van der Waals surface area (Å²) in [4.78, 5) is 2.25. The smallest absolute Gasteiger partial charge is 0.257 e. The van der Waals surface area contributed by atoms with E-state index in [9.17, 15) is 8.42 Å². The second kappa shape index (κ2) is 7.65. The van der Waals surface area contributed by atoms with Gasteiger partial charge < -0.3 is 5.32 Å². The van der Waals surface area contributed by atoms with E-state index in [-0.39, 0.29) is 20.1 Å². The molecular formula is C13H10Cl3N3O2S2. The van der Waals surface area contributed by atoms with Gasteiger partial charge in [0.05, 0.1) is 20.6 Å². The van der Waals surface area contributed by atoms with E-state index < -0.39 is 10.0 Å². The van der Waals surface area contributed by atoms with Gasteiger partial charge >= 0.3 is 0 Å². The summed E-state index contributed by atoms with van der Waals surface area (Å²) in [5.41, 5.74) is 2.69. The quantitative estimate of drug-likeness (QED) is 0.528. The number of thiocarbonyl (C=S) groups is 1. The van der Waals surface area contributed by atoms with Gasteiger partial charge in [0.2, 0.25) is 0 Å². The molecule has 5 nitrogen and oxygen atoms in total. The molecule has 0 saturated heterocycles. The van der Waals surface area contributed by atoms with E-state index in [0.717, 1.165) is 0 Å². The van der Waals surface area contributed by atoms with Crippen LogP contribution in [0.4, 0.5) is 5.69 Å². The fourth-order valence-electron chi connectivity index (χ4n) is 1.58. The Labute approximate surface area is 154 Å². The first-order chi connectivity index (χ1) is 10.8. The Kier molecular flexibility index (Phi) is 6.07. The Morgan fingerprint density at radius 3 is 2.13 bits per heavy atom. The van der Waals surface area contributed by atoms with Crippen LogP contribution in [-0.2, 0) is 10.0 Å². The molecule has 0 bridgehead atoms. The van der Waals surface area contributed by atoms with Crippen molar-refractivity contribution in [1.82, 2.24) is 10.3 Å². The Morgan fingerprint density at radius 2 is 1.57 bits per heavy atom. The van der Waals surface area contributed by atoms with Crippen molar-refractivity contribution in [2.75, 3.05) is 5.32 Å². The maximum atomic E-state index is 12.0. The average molecular weight is 411 g/mol. The van der Waals surface area contributed by atoms with E-state index in [1.54, 1.807) is 18.2 Å². The highest BCUT2D eigenvalue weighted by atomic mass is 35.5. The monoisotopic (exact) mass is 409 g/mol. The van der Waals surface area contributed by atoms with Gasteiger partial charge in [-0.05, 0) is 36.5 Å². The summed E-state index contributed by atoms with van der Waals surface area (Å²) >= 11 is 22.8. The molecule has 0 unspecified atom stereocenters. The number of hydrogen-bond donors (Lipinski definition) is 3. The average Bonchev–Trinajstić information content (AvgIpc) is 2.50. The van der Waals surface area contributed by atoms with Crippen LogP contribution in [0.1, 0.15) is 0 Å². The fourth-order valence-corrected chi connectivity index (χ4v) is 3.58. The summed E-state index contributed by atoms with van der Waals surface area (Å²) in [6, 6.07) is 10.8. The number of anilines is 1. The number of sulfonamides is 1. The normalized spacial score (nSPS) is 11.1. The molecule has 10 heteroatoms. The van der Waals surface area contributed by atoms with Crippen molar-refractivity contribution in [3.05, 3.63) is 57.5 Å². The highest BCUT2D eigenvalue weighted by Crippen LogP contribution is 2.33. The molecule has 2 rings (SSSR count). The molecular weight excluding hydrogens is 401 g/mol. The molecule has 0 aromatic heterocycles. The molecule has 122 valence electrons. The number of nitrogens with one attached hydrogen (secondary N) is 3. The number of hydrazine groups is 1. The van der Waals surface area contributed by atoms with Crippen LogP contribution in [0.25, 0.3) is 0 Å². The van der Waals surface area contributed by atoms with Gasteiger partial charge in [0.1, 0.15) is 0 Å². The molecule has 0 atom stereocenters. The maximum absolute atomic E-state index is 12.0.